The van der Waals surface area contributed by atoms with E-state index in [2.05, 4.69) is 10.3 Å². The summed E-state index contributed by atoms with van der Waals surface area (Å²) in [6.45, 7) is 0.459. The van der Waals surface area contributed by atoms with E-state index >= 15 is 0 Å². The first-order valence-electron chi connectivity index (χ1n) is 6.15. The quantitative estimate of drug-likeness (QED) is 0.762. The molecule has 0 aliphatic carbocycles. The van der Waals surface area contributed by atoms with E-state index < -0.39 is 0 Å². The molecule has 1 heterocycles. The molecule has 3 rings (SSSR count). The number of nitrogens with one attached hydrogen (secondary N) is 1. The van der Waals surface area contributed by atoms with Gasteiger partial charge in [-0.15, -0.1) is 0 Å². The van der Waals surface area contributed by atoms with Crippen LogP contribution in [0, 0.1) is 5.82 Å². The van der Waals surface area contributed by atoms with Gasteiger partial charge in [0.05, 0.1) is 5.52 Å². The normalized spacial score (nSPS) is 10.6. The third-order valence-electron chi connectivity index (χ3n) is 3.07. The van der Waals surface area contributed by atoms with Crippen LogP contribution in [0.5, 0.6) is 0 Å². The highest BCUT2D eigenvalue weighted by Gasteiger charge is 2.03. The van der Waals surface area contributed by atoms with Gasteiger partial charge in [0.2, 0.25) is 0 Å². The number of hydrogen-bond donors (Lipinski definition) is 1. The van der Waals surface area contributed by atoms with Crippen molar-refractivity contribution in [3.8, 4) is 0 Å². The largest absolute Gasteiger partial charge is 0.380 e. The highest BCUT2D eigenvalue weighted by Crippen LogP contribution is 2.22. The Morgan fingerprint density at radius 1 is 0.947 bits per heavy atom. The van der Waals surface area contributed by atoms with E-state index in [1.165, 1.54) is 6.07 Å². The SMILES string of the molecule is Fc1ccccc1CNc1cccc2ncccc12. The summed E-state index contributed by atoms with van der Waals surface area (Å²) in [6.07, 6.45) is 1.77. The summed E-state index contributed by atoms with van der Waals surface area (Å²) in [5.74, 6) is -0.187. The second-order valence-electron chi connectivity index (χ2n) is 4.32. The van der Waals surface area contributed by atoms with Crippen LogP contribution in [-0.4, -0.2) is 4.98 Å². The molecule has 1 aromatic heterocycles. The van der Waals surface area contributed by atoms with Gasteiger partial charge in [0.15, 0.2) is 0 Å². The van der Waals surface area contributed by atoms with Crippen molar-refractivity contribution in [2.75, 3.05) is 5.32 Å². The molecule has 0 aliphatic heterocycles. The van der Waals surface area contributed by atoms with Crippen molar-refractivity contribution >= 4 is 16.6 Å². The van der Waals surface area contributed by atoms with Crippen molar-refractivity contribution in [1.29, 1.82) is 0 Å². The average molecular weight is 252 g/mol. The zero-order valence-corrected chi connectivity index (χ0v) is 10.3. The van der Waals surface area contributed by atoms with Crippen molar-refractivity contribution in [2.45, 2.75) is 6.54 Å². The number of rotatable bonds is 3. The molecule has 3 aromatic rings. The van der Waals surface area contributed by atoms with E-state index in [-0.39, 0.29) is 5.82 Å². The second-order valence-corrected chi connectivity index (χ2v) is 4.32. The van der Waals surface area contributed by atoms with Crippen LogP contribution in [0.1, 0.15) is 5.56 Å². The molecule has 0 aliphatic rings. The number of hydrogen-bond acceptors (Lipinski definition) is 2. The lowest BCUT2D eigenvalue weighted by Crippen LogP contribution is -2.02. The van der Waals surface area contributed by atoms with Crippen LogP contribution < -0.4 is 5.32 Å². The molecule has 2 aromatic carbocycles. The average Bonchev–Trinajstić information content (AvgIpc) is 2.46. The first-order valence-corrected chi connectivity index (χ1v) is 6.15. The smallest absolute Gasteiger partial charge is 0.128 e. The molecule has 19 heavy (non-hydrogen) atoms. The van der Waals surface area contributed by atoms with E-state index in [0.717, 1.165) is 16.6 Å². The van der Waals surface area contributed by atoms with Gasteiger partial charge >= 0.3 is 0 Å². The molecule has 0 saturated carbocycles. The summed E-state index contributed by atoms with van der Waals surface area (Å²) in [7, 11) is 0. The topological polar surface area (TPSA) is 24.9 Å². The zero-order valence-electron chi connectivity index (χ0n) is 10.3. The second kappa shape index (κ2) is 5.06. The summed E-state index contributed by atoms with van der Waals surface area (Å²) in [5.41, 5.74) is 2.55. The Labute approximate surface area is 110 Å². The number of nitrogens with zero attached hydrogens (tertiary/aromatic N) is 1. The van der Waals surface area contributed by atoms with E-state index in [1.807, 2.05) is 36.4 Å². The van der Waals surface area contributed by atoms with Gasteiger partial charge < -0.3 is 5.32 Å². The molecule has 0 radical (unpaired) electrons. The van der Waals surface area contributed by atoms with Crippen LogP contribution in [0.25, 0.3) is 10.9 Å². The van der Waals surface area contributed by atoms with Gasteiger partial charge in [0.25, 0.3) is 0 Å². The minimum Gasteiger partial charge on any atom is -0.380 e. The van der Waals surface area contributed by atoms with E-state index in [4.69, 9.17) is 0 Å². The number of fused-ring (bicyclic) bond motifs is 1. The summed E-state index contributed by atoms with van der Waals surface area (Å²) in [5, 5.41) is 4.31. The third-order valence-corrected chi connectivity index (χ3v) is 3.07. The highest BCUT2D eigenvalue weighted by atomic mass is 19.1. The van der Waals surface area contributed by atoms with Crippen molar-refractivity contribution in [1.82, 2.24) is 4.98 Å². The summed E-state index contributed by atoms with van der Waals surface area (Å²) < 4.78 is 13.6. The predicted molar refractivity (Wildman–Crippen MR) is 75.5 cm³/mol. The fourth-order valence-corrected chi connectivity index (χ4v) is 2.09. The van der Waals surface area contributed by atoms with Crippen molar-refractivity contribution in [2.24, 2.45) is 0 Å². The Hall–Kier alpha value is -2.42. The van der Waals surface area contributed by atoms with Gasteiger partial charge in [-0.1, -0.05) is 24.3 Å². The molecule has 3 heteroatoms. The number of pyridine rings is 1. The van der Waals surface area contributed by atoms with E-state index in [0.29, 0.717) is 12.1 Å². The van der Waals surface area contributed by atoms with Crippen LogP contribution >= 0.6 is 0 Å². The number of aromatic nitrogens is 1. The van der Waals surface area contributed by atoms with Gasteiger partial charge in [-0.05, 0) is 30.3 Å². The molecule has 2 nitrogen and oxygen atoms in total. The van der Waals surface area contributed by atoms with Crippen LogP contribution in [0.15, 0.2) is 60.8 Å². The first-order chi connectivity index (χ1) is 9.34. The van der Waals surface area contributed by atoms with Crippen LogP contribution in [0.3, 0.4) is 0 Å². The van der Waals surface area contributed by atoms with Gasteiger partial charge in [-0.3, -0.25) is 4.98 Å². The molecule has 0 unspecified atom stereocenters. The maximum Gasteiger partial charge on any atom is 0.128 e. The highest BCUT2D eigenvalue weighted by molar-refractivity contribution is 5.91. The van der Waals surface area contributed by atoms with Crippen LogP contribution in [0.4, 0.5) is 10.1 Å². The van der Waals surface area contributed by atoms with Crippen LogP contribution in [0.2, 0.25) is 0 Å². The Morgan fingerprint density at radius 3 is 2.74 bits per heavy atom. The van der Waals surface area contributed by atoms with Gasteiger partial charge in [0.1, 0.15) is 5.82 Å². The van der Waals surface area contributed by atoms with E-state index in [1.54, 1.807) is 18.3 Å². The minimum atomic E-state index is -0.187. The molecule has 0 fully saturated rings. The van der Waals surface area contributed by atoms with Gasteiger partial charge in [-0.25, -0.2) is 4.39 Å². The molecular formula is C16H13FN2. The Kier molecular flexibility index (Phi) is 3.11. The third kappa shape index (κ3) is 2.40. The summed E-state index contributed by atoms with van der Waals surface area (Å²) >= 11 is 0. The minimum absolute atomic E-state index is 0.187. The standard InChI is InChI=1S/C16H13FN2/c17-14-7-2-1-5-12(14)11-19-16-9-3-8-15-13(16)6-4-10-18-15/h1-10,19H,11H2. The first kappa shape index (κ1) is 11.7. The number of anilines is 1. The Balaban J connectivity index is 1.88. The summed E-state index contributed by atoms with van der Waals surface area (Å²) in [4.78, 5) is 4.30. The molecule has 94 valence electrons. The number of halogens is 1. The van der Waals surface area contributed by atoms with Crippen molar-refractivity contribution < 1.29 is 4.39 Å². The molecule has 0 bridgehead atoms. The Bertz CT molecular complexity index is 704. The molecular weight excluding hydrogens is 239 g/mol. The lowest BCUT2D eigenvalue weighted by atomic mass is 10.1. The van der Waals surface area contributed by atoms with Crippen LogP contribution in [-0.2, 0) is 6.54 Å². The zero-order chi connectivity index (χ0) is 13.1. The fourth-order valence-electron chi connectivity index (χ4n) is 2.09. The lowest BCUT2D eigenvalue weighted by molar-refractivity contribution is 0.613. The summed E-state index contributed by atoms with van der Waals surface area (Å²) in [6, 6.07) is 16.6. The lowest BCUT2D eigenvalue weighted by Gasteiger charge is -2.09. The van der Waals surface area contributed by atoms with E-state index in [9.17, 15) is 4.39 Å². The maximum absolute atomic E-state index is 13.6. The van der Waals surface area contributed by atoms with Crippen molar-refractivity contribution in [3.05, 3.63) is 72.2 Å². The molecule has 0 spiro atoms. The Morgan fingerprint density at radius 2 is 1.84 bits per heavy atom. The fraction of sp³-hybridized carbons (Fsp3) is 0.0625. The predicted octanol–water partition coefficient (Wildman–Crippen LogP) is 3.99. The molecule has 0 amide bonds. The monoisotopic (exact) mass is 252 g/mol. The molecule has 1 N–H and O–H groups in total. The molecule has 0 saturated heterocycles. The molecule has 0 atom stereocenters. The van der Waals surface area contributed by atoms with Gasteiger partial charge in [0, 0.05) is 29.4 Å². The number of benzene rings is 2. The van der Waals surface area contributed by atoms with Crippen molar-refractivity contribution in [3.63, 3.8) is 0 Å². The van der Waals surface area contributed by atoms with Gasteiger partial charge in [-0.2, -0.15) is 0 Å². The maximum atomic E-state index is 13.6.